The van der Waals surface area contributed by atoms with E-state index < -0.39 is 10.0 Å². The van der Waals surface area contributed by atoms with Gasteiger partial charge in [-0.25, -0.2) is 8.42 Å². The molecule has 1 aromatic heterocycles. The molecule has 2 aliphatic heterocycles. The van der Waals surface area contributed by atoms with Crippen LogP contribution >= 0.6 is 0 Å². The Balaban J connectivity index is 1.32. The van der Waals surface area contributed by atoms with Crippen molar-refractivity contribution in [2.24, 2.45) is 5.41 Å². The van der Waals surface area contributed by atoms with E-state index in [0.717, 1.165) is 64.1 Å². The molecule has 3 fully saturated rings. The van der Waals surface area contributed by atoms with Crippen LogP contribution in [0.25, 0.3) is 0 Å². The van der Waals surface area contributed by atoms with Crippen molar-refractivity contribution in [2.45, 2.75) is 50.1 Å². The first-order chi connectivity index (χ1) is 12.0. The predicted molar refractivity (Wildman–Crippen MR) is 93.8 cm³/mol. The lowest BCUT2D eigenvalue weighted by atomic mass is 9.61. The Morgan fingerprint density at radius 3 is 2.72 bits per heavy atom. The lowest BCUT2D eigenvalue weighted by molar-refractivity contribution is -0.0967. The summed E-state index contributed by atoms with van der Waals surface area (Å²) in [7, 11) is -3.41. The summed E-state index contributed by atoms with van der Waals surface area (Å²) < 4.78 is 32.5. The highest BCUT2D eigenvalue weighted by Crippen LogP contribution is 2.51. The molecular weight excluding hydrogens is 340 g/mol. The number of H-pyrrole nitrogens is 1. The highest BCUT2D eigenvalue weighted by atomic mass is 32.2. The zero-order chi connectivity index (χ0) is 17.5. The summed E-state index contributed by atoms with van der Waals surface area (Å²) in [4.78, 5) is 2.50. The van der Waals surface area contributed by atoms with E-state index in [2.05, 4.69) is 22.0 Å². The Morgan fingerprint density at radius 2 is 2.04 bits per heavy atom. The van der Waals surface area contributed by atoms with E-state index in [1.54, 1.807) is 10.4 Å². The van der Waals surface area contributed by atoms with Crippen LogP contribution in [0.1, 0.15) is 38.3 Å². The largest absolute Gasteiger partial charge is 0.379 e. The van der Waals surface area contributed by atoms with Crippen LogP contribution < -0.4 is 0 Å². The maximum Gasteiger partial charge on any atom is 0.260 e. The minimum absolute atomic E-state index is 0.209. The molecular formula is C17H28N4O3S. The molecule has 1 N–H and O–H groups in total. The number of ether oxygens (including phenoxy) is 1. The van der Waals surface area contributed by atoms with E-state index in [9.17, 15) is 8.42 Å². The summed E-state index contributed by atoms with van der Waals surface area (Å²) in [5.41, 5.74) is 1.05. The van der Waals surface area contributed by atoms with E-state index in [1.165, 1.54) is 0 Å². The van der Waals surface area contributed by atoms with Gasteiger partial charge in [-0.05, 0) is 31.7 Å². The first-order valence-electron chi connectivity index (χ1n) is 9.39. The van der Waals surface area contributed by atoms with Gasteiger partial charge in [-0.1, -0.05) is 13.3 Å². The van der Waals surface area contributed by atoms with Gasteiger partial charge in [0.2, 0.25) is 0 Å². The Morgan fingerprint density at radius 1 is 1.32 bits per heavy atom. The lowest BCUT2D eigenvalue weighted by Crippen LogP contribution is -2.68. The monoisotopic (exact) mass is 368 g/mol. The highest BCUT2D eigenvalue weighted by Gasteiger charge is 2.56. The molecule has 2 saturated heterocycles. The minimum atomic E-state index is -3.41. The Bertz CT molecular complexity index is 697. The molecule has 0 bridgehead atoms. The van der Waals surface area contributed by atoms with Crippen LogP contribution in [-0.4, -0.2) is 73.3 Å². The van der Waals surface area contributed by atoms with Crippen molar-refractivity contribution >= 4 is 10.0 Å². The van der Waals surface area contributed by atoms with Gasteiger partial charge in [0.25, 0.3) is 10.0 Å². The van der Waals surface area contributed by atoms with Gasteiger partial charge in [-0.2, -0.15) is 9.40 Å². The van der Waals surface area contributed by atoms with Crippen molar-refractivity contribution in [2.75, 3.05) is 39.4 Å². The van der Waals surface area contributed by atoms with Crippen LogP contribution in [0, 0.1) is 5.41 Å². The summed E-state index contributed by atoms with van der Waals surface area (Å²) in [5, 5.41) is 7.13. The van der Waals surface area contributed by atoms with Crippen molar-refractivity contribution in [3.63, 3.8) is 0 Å². The van der Waals surface area contributed by atoms with E-state index in [-0.39, 0.29) is 10.4 Å². The van der Waals surface area contributed by atoms with E-state index in [4.69, 9.17) is 4.74 Å². The molecule has 1 aliphatic carbocycles. The van der Waals surface area contributed by atoms with Crippen LogP contribution in [-0.2, 0) is 21.2 Å². The number of morpholine rings is 1. The Labute approximate surface area is 149 Å². The maximum atomic E-state index is 12.7. The molecule has 1 spiro atoms. The normalized spacial score (nSPS) is 25.0. The number of aryl methyl sites for hydroxylation is 1. The van der Waals surface area contributed by atoms with Gasteiger partial charge >= 0.3 is 0 Å². The summed E-state index contributed by atoms with van der Waals surface area (Å²) in [6, 6.07) is 2.31. The first-order valence-corrected chi connectivity index (χ1v) is 10.8. The third kappa shape index (κ3) is 3.25. The molecule has 0 aromatic carbocycles. The molecule has 3 aliphatic rings. The number of hydrogen-bond donors (Lipinski definition) is 1. The van der Waals surface area contributed by atoms with Crippen molar-refractivity contribution in [1.29, 1.82) is 0 Å². The quantitative estimate of drug-likeness (QED) is 0.817. The van der Waals surface area contributed by atoms with E-state index >= 15 is 0 Å². The van der Waals surface area contributed by atoms with Crippen molar-refractivity contribution in [1.82, 2.24) is 19.4 Å². The standard InChI is InChI=1S/C17H28N4O3S/c1-2-3-4-14-9-16(19-18-14)25(22,23)21-12-17(13-21)10-15(11-17)20-5-7-24-8-6-20/h9,15H,2-8,10-13H2,1H3,(H,18,19). The third-order valence-electron chi connectivity index (χ3n) is 5.93. The molecule has 0 amide bonds. The minimum Gasteiger partial charge on any atom is -0.379 e. The van der Waals surface area contributed by atoms with Crippen molar-refractivity contribution in [3.05, 3.63) is 11.8 Å². The zero-order valence-corrected chi connectivity index (χ0v) is 15.7. The molecule has 4 rings (SSSR count). The first kappa shape index (κ1) is 17.5. The molecule has 1 aromatic rings. The van der Waals surface area contributed by atoms with E-state index in [0.29, 0.717) is 19.1 Å². The summed E-state index contributed by atoms with van der Waals surface area (Å²) >= 11 is 0. The second-order valence-corrected chi connectivity index (χ2v) is 9.72. The van der Waals surface area contributed by atoms with Crippen molar-refractivity contribution in [3.8, 4) is 0 Å². The average molecular weight is 369 g/mol. The Kier molecular flexibility index (Phi) is 4.64. The molecule has 3 heterocycles. The SMILES string of the molecule is CCCCc1cc(S(=O)(=O)N2CC3(CC(N4CCOCC4)C3)C2)[nH]n1. The molecule has 140 valence electrons. The van der Waals surface area contributed by atoms with Gasteiger partial charge in [0, 0.05) is 37.6 Å². The number of nitrogens with one attached hydrogen (secondary N) is 1. The Hall–Kier alpha value is -0.960. The molecule has 0 radical (unpaired) electrons. The topological polar surface area (TPSA) is 78.5 Å². The fourth-order valence-corrected chi connectivity index (χ4v) is 5.98. The number of aromatic amines is 1. The van der Waals surface area contributed by atoms with Gasteiger partial charge in [-0.3, -0.25) is 10.00 Å². The fraction of sp³-hybridized carbons (Fsp3) is 0.824. The number of rotatable bonds is 6. The number of aromatic nitrogens is 2. The second kappa shape index (κ2) is 6.64. The third-order valence-corrected chi connectivity index (χ3v) is 7.64. The van der Waals surface area contributed by atoms with Crippen LogP contribution in [0.15, 0.2) is 11.1 Å². The molecule has 1 saturated carbocycles. The number of sulfonamides is 1. The smallest absolute Gasteiger partial charge is 0.260 e. The highest BCUT2D eigenvalue weighted by molar-refractivity contribution is 7.89. The number of nitrogens with zero attached hydrogens (tertiary/aromatic N) is 3. The predicted octanol–water partition coefficient (Wildman–Crippen LogP) is 1.24. The van der Waals surface area contributed by atoms with Crippen LogP contribution in [0.2, 0.25) is 0 Å². The van der Waals surface area contributed by atoms with Gasteiger partial charge in [0.15, 0.2) is 5.03 Å². The average Bonchev–Trinajstić information content (AvgIpc) is 3.01. The van der Waals surface area contributed by atoms with Crippen LogP contribution in [0.3, 0.4) is 0 Å². The van der Waals surface area contributed by atoms with Crippen molar-refractivity contribution < 1.29 is 13.2 Å². The summed E-state index contributed by atoms with van der Waals surface area (Å²) in [5.74, 6) is 0. The van der Waals surface area contributed by atoms with Gasteiger partial charge in [-0.15, -0.1) is 0 Å². The fourth-order valence-electron chi connectivity index (χ4n) is 4.37. The van der Waals surface area contributed by atoms with Gasteiger partial charge in [0.1, 0.15) is 0 Å². The summed E-state index contributed by atoms with van der Waals surface area (Å²) in [6.45, 7) is 7.09. The molecule has 25 heavy (non-hydrogen) atoms. The number of hydrogen-bond acceptors (Lipinski definition) is 5. The second-order valence-electron chi connectivity index (χ2n) is 7.81. The zero-order valence-electron chi connectivity index (χ0n) is 14.9. The molecule has 0 atom stereocenters. The molecule has 0 unspecified atom stereocenters. The molecule has 8 heteroatoms. The lowest BCUT2D eigenvalue weighted by Gasteiger charge is -2.60. The van der Waals surface area contributed by atoms with Gasteiger partial charge in [0.05, 0.1) is 18.9 Å². The number of unbranched alkanes of at least 4 members (excludes halogenated alkanes) is 1. The van der Waals surface area contributed by atoms with Gasteiger partial charge < -0.3 is 4.74 Å². The summed E-state index contributed by atoms with van der Waals surface area (Å²) in [6.07, 6.45) is 5.16. The van der Waals surface area contributed by atoms with E-state index in [1.807, 2.05) is 0 Å². The van der Waals surface area contributed by atoms with Crippen LogP contribution in [0.4, 0.5) is 0 Å². The molecule has 7 nitrogen and oxygen atoms in total. The van der Waals surface area contributed by atoms with Crippen LogP contribution in [0.5, 0.6) is 0 Å². The maximum absolute atomic E-state index is 12.7.